The van der Waals surface area contributed by atoms with Gasteiger partial charge in [0.1, 0.15) is 5.75 Å². The molecule has 2 aromatic carbocycles. The fraction of sp³-hybridized carbons (Fsp3) is 0.348. The summed E-state index contributed by atoms with van der Waals surface area (Å²) in [5, 5.41) is 8.68. The molecule has 0 aromatic heterocycles. The molecule has 0 fully saturated rings. The molecule has 0 saturated carbocycles. The van der Waals surface area contributed by atoms with Crippen molar-refractivity contribution in [2.75, 3.05) is 10.6 Å². The minimum absolute atomic E-state index is 0.0139. The normalized spacial score (nSPS) is 10.4. The lowest BCUT2D eigenvalue weighted by atomic mass is 10.2. The molecule has 7 heteroatoms. The zero-order valence-electron chi connectivity index (χ0n) is 17.7. The summed E-state index contributed by atoms with van der Waals surface area (Å²) in [6.07, 6.45) is 3.50. The SMILES string of the molecule is CCCCCC(=O)Nc1cccc(NC(=S)NC(=O)c2cccc(OC(C)C)c2)c1. The van der Waals surface area contributed by atoms with Gasteiger partial charge >= 0.3 is 0 Å². The Bertz CT molecular complexity index is 884. The number of thiocarbonyl (C=S) groups is 1. The lowest BCUT2D eigenvalue weighted by Crippen LogP contribution is -2.34. The second-order valence-corrected chi connectivity index (χ2v) is 7.60. The van der Waals surface area contributed by atoms with E-state index >= 15 is 0 Å². The number of unbranched alkanes of at least 4 members (excludes halogenated alkanes) is 2. The van der Waals surface area contributed by atoms with Crippen molar-refractivity contribution in [2.45, 2.75) is 52.6 Å². The maximum Gasteiger partial charge on any atom is 0.257 e. The number of benzene rings is 2. The Hall–Kier alpha value is -2.93. The van der Waals surface area contributed by atoms with E-state index in [2.05, 4.69) is 22.9 Å². The van der Waals surface area contributed by atoms with Crippen LogP contribution in [-0.4, -0.2) is 23.0 Å². The van der Waals surface area contributed by atoms with E-state index in [9.17, 15) is 9.59 Å². The Balaban J connectivity index is 1.91. The minimum Gasteiger partial charge on any atom is -0.491 e. The monoisotopic (exact) mass is 427 g/mol. The number of amides is 2. The van der Waals surface area contributed by atoms with Gasteiger partial charge in [0.2, 0.25) is 5.91 Å². The van der Waals surface area contributed by atoms with Crippen LogP contribution in [0.25, 0.3) is 0 Å². The maximum absolute atomic E-state index is 12.5. The first-order valence-corrected chi connectivity index (χ1v) is 10.6. The van der Waals surface area contributed by atoms with Gasteiger partial charge < -0.3 is 15.4 Å². The van der Waals surface area contributed by atoms with Crippen LogP contribution in [0.15, 0.2) is 48.5 Å². The summed E-state index contributed by atoms with van der Waals surface area (Å²) in [5.41, 5.74) is 1.79. The average Bonchev–Trinajstić information content (AvgIpc) is 2.68. The van der Waals surface area contributed by atoms with E-state index in [-0.39, 0.29) is 23.0 Å². The van der Waals surface area contributed by atoms with E-state index in [1.165, 1.54) is 0 Å². The number of hydrogen-bond donors (Lipinski definition) is 3. The Morgan fingerprint density at radius 3 is 2.40 bits per heavy atom. The maximum atomic E-state index is 12.5. The number of ether oxygens (including phenoxy) is 1. The fourth-order valence-corrected chi connectivity index (χ4v) is 2.96. The number of carbonyl (C=O) groups excluding carboxylic acids is 2. The number of rotatable bonds is 9. The second kappa shape index (κ2) is 11.9. The Kier molecular flexibility index (Phi) is 9.28. The smallest absolute Gasteiger partial charge is 0.257 e. The number of hydrogen-bond acceptors (Lipinski definition) is 4. The highest BCUT2D eigenvalue weighted by atomic mass is 32.1. The molecule has 0 radical (unpaired) electrons. The van der Waals surface area contributed by atoms with Crippen molar-refractivity contribution in [3.05, 3.63) is 54.1 Å². The summed E-state index contributed by atoms with van der Waals surface area (Å²) >= 11 is 5.26. The molecule has 2 rings (SSSR count). The van der Waals surface area contributed by atoms with Crippen LogP contribution in [0.1, 0.15) is 56.8 Å². The lowest BCUT2D eigenvalue weighted by Gasteiger charge is -2.13. The average molecular weight is 428 g/mol. The third-order valence-corrected chi connectivity index (χ3v) is 4.31. The molecule has 0 unspecified atom stereocenters. The largest absolute Gasteiger partial charge is 0.491 e. The van der Waals surface area contributed by atoms with Crippen molar-refractivity contribution in [1.29, 1.82) is 0 Å². The topological polar surface area (TPSA) is 79.5 Å². The predicted molar refractivity (Wildman–Crippen MR) is 125 cm³/mol. The molecule has 2 aromatic rings. The van der Waals surface area contributed by atoms with Crippen molar-refractivity contribution >= 4 is 40.5 Å². The molecule has 0 bridgehead atoms. The van der Waals surface area contributed by atoms with E-state index in [0.717, 1.165) is 19.3 Å². The molecule has 3 N–H and O–H groups in total. The zero-order valence-corrected chi connectivity index (χ0v) is 18.5. The quantitative estimate of drug-likeness (QED) is 0.382. The first-order chi connectivity index (χ1) is 14.4. The van der Waals surface area contributed by atoms with Gasteiger partial charge in [0.25, 0.3) is 5.91 Å². The molecular weight excluding hydrogens is 398 g/mol. The van der Waals surface area contributed by atoms with E-state index in [0.29, 0.717) is 29.1 Å². The standard InChI is InChI=1S/C23H29N3O3S/c1-4-5-6-13-21(27)24-18-10-8-11-19(15-18)25-23(30)26-22(28)17-9-7-12-20(14-17)29-16(2)3/h7-12,14-16H,4-6,13H2,1-3H3,(H,24,27)(H2,25,26,28,30). The fourth-order valence-electron chi connectivity index (χ4n) is 2.75. The van der Waals surface area contributed by atoms with Crippen molar-refractivity contribution in [2.24, 2.45) is 0 Å². The van der Waals surface area contributed by atoms with Gasteiger partial charge in [-0.15, -0.1) is 0 Å². The summed E-state index contributed by atoms with van der Waals surface area (Å²) in [5.74, 6) is 0.279. The third-order valence-electron chi connectivity index (χ3n) is 4.11. The van der Waals surface area contributed by atoms with Gasteiger partial charge in [-0.25, -0.2) is 0 Å². The molecule has 0 aliphatic carbocycles. The van der Waals surface area contributed by atoms with E-state index < -0.39 is 0 Å². The first kappa shape index (κ1) is 23.3. The highest BCUT2D eigenvalue weighted by molar-refractivity contribution is 7.80. The third kappa shape index (κ3) is 8.21. The Labute approximate surface area is 183 Å². The molecular formula is C23H29N3O3S. The Morgan fingerprint density at radius 2 is 1.70 bits per heavy atom. The van der Waals surface area contributed by atoms with Gasteiger partial charge in [-0.3, -0.25) is 14.9 Å². The van der Waals surface area contributed by atoms with Crippen LogP contribution < -0.4 is 20.7 Å². The zero-order chi connectivity index (χ0) is 21.9. The van der Waals surface area contributed by atoms with Crippen LogP contribution in [0.4, 0.5) is 11.4 Å². The molecule has 0 saturated heterocycles. The van der Waals surface area contributed by atoms with Gasteiger partial charge in [0, 0.05) is 23.4 Å². The highest BCUT2D eigenvalue weighted by Crippen LogP contribution is 2.17. The van der Waals surface area contributed by atoms with Gasteiger partial charge in [0.05, 0.1) is 6.10 Å². The van der Waals surface area contributed by atoms with Gasteiger partial charge in [-0.2, -0.15) is 0 Å². The van der Waals surface area contributed by atoms with Gasteiger partial charge in [0.15, 0.2) is 5.11 Å². The lowest BCUT2D eigenvalue weighted by molar-refractivity contribution is -0.116. The predicted octanol–water partition coefficient (Wildman–Crippen LogP) is 5.12. The van der Waals surface area contributed by atoms with Crippen LogP contribution in [0, 0.1) is 0 Å². The van der Waals surface area contributed by atoms with Gasteiger partial charge in [-0.05, 0) is 68.9 Å². The molecule has 160 valence electrons. The molecule has 30 heavy (non-hydrogen) atoms. The van der Waals surface area contributed by atoms with Crippen LogP contribution in [0.3, 0.4) is 0 Å². The summed E-state index contributed by atoms with van der Waals surface area (Å²) in [7, 11) is 0. The van der Waals surface area contributed by atoms with Crippen LogP contribution in [-0.2, 0) is 4.79 Å². The van der Waals surface area contributed by atoms with E-state index in [1.807, 2.05) is 26.0 Å². The molecule has 0 spiro atoms. The summed E-state index contributed by atoms with van der Waals surface area (Å²) in [6.45, 7) is 5.95. The van der Waals surface area contributed by atoms with Crippen LogP contribution in [0.5, 0.6) is 5.75 Å². The first-order valence-electron chi connectivity index (χ1n) is 10.2. The molecule has 2 amide bonds. The molecule has 0 heterocycles. The highest BCUT2D eigenvalue weighted by Gasteiger charge is 2.10. The minimum atomic E-state index is -0.331. The number of nitrogens with one attached hydrogen (secondary N) is 3. The van der Waals surface area contributed by atoms with Crippen molar-refractivity contribution in [1.82, 2.24) is 5.32 Å². The second-order valence-electron chi connectivity index (χ2n) is 7.19. The van der Waals surface area contributed by atoms with Crippen molar-refractivity contribution in [3.8, 4) is 5.75 Å². The van der Waals surface area contributed by atoms with Gasteiger partial charge in [-0.1, -0.05) is 31.9 Å². The van der Waals surface area contributed by atoms with Crippen LogP contribution >= 0.6 is 12.2 Å². The number of anilines is 2. The molecule has 6 nitrogen and oxygen atoms in total. The number of carbonyl (C=O) groups is 2. The molecule has 0 aliphatic rings. The van der Waals surface area contributed by atoms with Crippen LogP contribution in [0.2, 0.25) is 0 Å². The van der Waals surface area contributed by atoms with E-state index in [1.54, 1.807) is 36.4 Å². The Morgan fingerprint density at radius 1 is 1.00 bits per heavy atom. The summed E-state index contributed by atoms with van der Waals surface area (Å²) in [6, 6.07) is 14.1. The van der Waals surface area contributed by atoms with Crippen molar-refractivity contribution in [3.63, 3.8) is 0 Å². The summed E-state index contributed by atoms with van der Waals surface area (Å²) in [4.78, 5) is 24.5. The summed E-state index contributed by atoms with van der Waals surface area (Å²) < 4.78 is 5.62. The molecule has 0 aliphatic heterocycles. The van der Waals surface area contributed by atoms with E-state index in [4.69, 9.17) is 17.0 Å². The van der Waals surface area contributed by atoms with Crippen molar-refractivity contribution < 1.29 is 14.3 Å². The molecule has 0 atom stereocenters.